The molecule has 2 rings (SSSR count). The van der Waals surface area contributed by atoms with Crippen molar-refractivity contribution >= 4 is 52.3 Å². The van der Waals surface area contributed by atoms with E-state index >= 15 is 0 Å². The third-order valence-electron chi connectivity index (χ3n) is 5.77. The van der Waals surface area contributed by atoms with Gasteiger partial charge in [-0.05, 0) is 37.0 Å². The summed E-state index contributed by atoms with van der Waals surface area (Å²) in [6, 6.07) is 5.28. The van der Waals surface area contributed by atoms with Gasteiger partial charge in [-0.2, -0.15) is 0 Å². The minimum absolute atomic E-state index is 0.00704. The highest BCUT2D eigenvalue weighted by atomic mass is 32.2. The Morgan fingerprint density at radius 3 is 2.49 bits per heavy atom. The Kier molecular flexibility index (Phi) is 12.8. The third kappa shape index (κ3) is 9.58. The highest BCUT2D eigenvalue weighted by Crippen LogP contribution is 2.42. The zero-order valence-corrected chi connectivity index (χ0v) is 23.0. The minimum Gasteiger partial charge on any atom is -0.497 e. The maximum absolute atomic E-state index is 13.3. The monoisotopic (exact) mass is 553 g/mol. The molecule has 0 aromatic heterocycles. The van der Waals surface area contributed by atoms with Crippen LogP contribution >= 0.6 is 23.5 Å². The summed E-state index contributed by atoms with van der Waals surface area (Å²) in [7, 11) is 1.56. The smallest absolute Gasteiger partial charge is 0.326 e. The van der Waals surface area contributed by atoms with Crippen LogP contribution in [0.4, 0.5) is 0 Å². The fourth-order valence-corrected chi connectivity index (χ4v) is 5.94. The molecule has 10 nitrogen and oxygen atoms in total. The van der Waals surface area contributed by atoms with E-state index in [0.717, 1.165) is 17.3 Å². The van der Waals surface area contributed by atoms with Gasteiger partial charge in [-0.15, -0.1) is 11.8 Å². The Morgan fingerprint density at radius 1 is 1.19 bits per heavy atom. The minimum atomic E-state index is -1.16. The summed E-state index contributed by atoms with van der Waals surface area (Å²) in [6.07, 6.45) is 1.73. The van der Waals surface area contributed by atoms with Gasteiger partial charge in [0.1, 0.15) is 23.2 Å². The third-order valence-corrected chi connectivity index (χ3v) is 8.11. The number of carbonyl (C=O) groups excluding carboxylic acids is 4. The summed E-state index contributed by atoms with van der Waals surface area (Å²) in [4.78, 5) is 62.5. The molecule has 1 unspecified atom stereocenters. The van der Waals surface area contributed by atoms with Gasteiger partial charge in [-0.3, -0.25) is 19.2 Å². The predicted octanol–water partition coefficient (Wildman–Crippen LogP) is 2.57. The normalized spacial score (nSPS) is 17.6. The van der Waals surface area contributed by atoms with Gasteiger partial charge in [0, 0.05) is 37.8 Å². The van der Waals surface area contributed by atoms with Crippen LogP contribution in [0, 0.1) is 0 Å². The van der Waals surface area contributed by atoms with Gasteiger partial charge in [0.25, 0.3) is 0 Å². The average Bonchev–Trinajstić information content (AvgIpc) is 3.32. The summed E-state index contributed by atoms with van der Waals surface area (Å²) < 4.78 is 5.21. The number of nitrogens with zero attached hydrogens (tertiary/aromatic N) is 1. The average molecular weight is 554 g/mol. The number of benzene rings is 1. The van der Waals surface area contributed by atoms with Crippen LogP contribution in [0.2, 0.25) is 0 Å². The molecule has 0 bridgehead atoms. The van der Waals surface area contributed by atoms with Crippen molar-refractivity contribution in [3.05, 3.63) is 29.8 Å². The van der Waals surface area contributed by atoms with E-state index in [1.807, 2.05) is 12.1 Å². The summed E-state index contributed by atoms with van der Waals surface area (Å²) in [6.45, 7) is 3.60. The number of ether oxygens (including phenoxy) is 1. The first-order valence-electron chi connectivity index (χ1n) is 12.2. The Bertz CT molecular complexity index is 958. The first kappa shape index (κ1) is 30.5. The SMILES string of the molecule is CCC(=O)SCCC(=O)N1C(c2ccc(OC)cc2)SC[C@H]1C(=O)N[C@@H](CCCCNC(C)=O)C(=O)O. The van der Waals surface area contributed by atoms with Crippen molar-refractivity contribution in [2.45, 2.75) is 63.4 Å². The van der Waals surface area contributed by atoms with Gasteiger partial charge in [0.15, 0.2) is 5.12 Å². The molecule has 1 saturated heterocycles. The van der Waals surface area contributed by atoms with E-state index in [9.17, 15) is 29.1 Å². The first-order chi connectivity index (χ1) is 17.7. The highest BCUT2D eigenvalue weighted by molar-refractivity contribution is 8.13. The number of carboxylic acids is 1. The van der Waals surface area contributed by atoms with Crippen molar-refractivity contribution in [3.63, 3.8) is 0 Å². The number of thioether (sulfide) groups is 2. The molecule has 0 spiro atoms. The van der Waals surface area contributed by atoms with E-state index in [0.29, 0.717) is 43.1 Å². The zero-order chi connectivity index (χ0) is 27.4. The summed E-state index contributed by atoms with van der Waals surface area (Å²) >= 11 is 2.52. The van der Waals surface area contributed by atoms with Crippen molar-refractivity contribution in [2.75, 3.05) is 25.2 Å². The molecular weight excluding hydrogens is 518 g/mol. The Hall–Kier alpha value is -2.73. The maximum atomic E-state index is 13.3. The van der Waals surface area contributed by atoms with E-state index in [2.05, 4.69) is 10.6 Å². The molecule has 37 heavy (non-hydrogen) atoms. The van der Waals surface area contributed by atoms with Crippen LogP contribution < -0.4 is 15.4 Å². The molecule has 0 aliphatic carbocycles. The molecule has 1 fully saturated rings. The quantitative estimate of drug-likeness (QED) is 0.296. The molecular formula is C25H35N3O7S2. The molecule has 204 valence electrons. The number of methoxy groups -OCH3 is 1. The zero-order valence-electron chi connectivity index (χ0n) is 21.4. The van der Waals surface area contributed by atoms with Gasteiger partial charge >= 0.3 is 5.97 Å². The number of nitrogens with one attached hydrogen (secondary N) is 2. The molecule has 1 aromatic rings. The maximum Gasteiger partial charge on any atom is 0.326 e. The molecule has 0 radical (unpaired) electrons. The first-order valence-corrected chi connectivity index (χ1v) is 14.2. The molecule has 1 aliphatic heterocycles. The molecule has 1 heterocycles. The molecule has 0 saturated carbocycles. The van der Waals surface area contributed by atoms with Gasteiger partial charge in [0.05, 0.1) is 7.11 Å². The van der Waals surface area contributed by atoms with Crippen LogP contribution in [0.15, 0.2) is 24.3 Å². The van der Waals surface area contributed by atoms with Gasteiger partial charge in [-0.25, -0.2) is 4.79 Å². The van der Waals surface area contributed by atoms with Crippen LogP contribution in [-0.2, 0) is 24.0 Å². The lowest BCUT2D eigenvalue weighted by atomic mass is 10.1. The lowest BCUT2D eigenvalue weighted by Gasteiger charge is -2.30. The Balaban J connectivity index is 2.13. The molecule has 12 heteroatoms. The molecule has 3 N–H and O–H groups in total. The number of amides is 3. The fraction of sp³-hybridized carbons (Fsp3) is 0.560. The highest BCUT2D eigenvalue weighted by Gasteiger charge is 2.42. The summed E-state index contributed by atoms with van der Waals surface area (Å²) in [5.41, 5.74) is 0.819. The number of unbranched alkanes of at least 4 members (excludes halogenated alkanes) is 1. The largest absolute Gasteiger partial charge is 0.497 e. The van der Waals surface area contributed by atoms with E-state index in [4.69, 9.17) is 4.74 Å². The number of rotatable bonds is 14. The van der Waals surface area contributed by atoms with Crippen LogP contribution in [0.5, 0.6) is 5.75 Å². The summed E-state index contributed by atoms with van der Waals surface area (Å²) in [5, 5.41) is 14.5. The number of aliphatic carboxylic acids is 1. The van der Waals surface area contributed by atoms with Crippen molar-refractivity contribution in [3.8, 4) is 5.75 Å². The van der Waals surface area contributed by atoms with Gasteiger partial charge < -0.3 is 25.4 Å². The van der Waals surface area contributed by atoms with Crippen LogP contribution in [0.3, 0.4) is 0 Å². The van der Waals surface area contributed by atoms with Crippen molar-refractivity contribution in [1.29, 1.82) is 0 Å². The second-order valence-corrected chi connectivity index (χ2v) is 10.7. The molecule has 3 amide bonds. The lowest BCUT2D eigenvalue weighted by molar-refractivity contribution is -0.144. The van der Waals surface area contributed by atoms with Crippen LogP contribution in [0.25, 0.3) is 0 Å². The molecule has 1 aliphatic rings. The number of carboxylic acid groups (broad SMARTS) is 1. The summed E-state index contributed by atoms with van der Waals surface area (Å²) in [5.74, 6) is -0.829. The van der Waals surface area contributed by atoms with Crippen molar-refractivity contribution in [1.82, 2.24) is 15.5 Å². The van der Waals surface area contributed by atoms with Crippen molar-refractivity contribution in [2.24, 2.45) is 0 Å². The standard InChI is InChI=1S/C25H35N3O7S2/c1-4-22(31)36-14-12-21(30)28-20(15-37-24(28)17-8-10-18(35-3)11-9-17)23(32)27-19(25(33)34)7-5-6-13-26-16(2)29/h8-11,19-20,24H,4-7,12-15H2,1-3H3,(H,26,29)(H,27,32)(H,33,34)/t19-,20-,24?/m0/s1. The molecule has 3 atom stereocenters. The fourth-order valence-electron chi connectivity index (χ4n) is 3.78. The Labute approximate surface area is 225 Å². The second kappa shape index (κ2) is 15.5. The van der Waals surface area contributed by atoms with E-state index in [1.54, 1.807) is 26.2 Å². The van der Waals surface area contributed by atoms with E-state index in [1.165, 1.54) is 23.6 Å². The topological polar surface area (TPSA) is 142 Å². The van der Waals surface area contributed by atoms with Gasteiger partial charge in [-0.1, -0.05) is 30.8 Å². The number of carbonyl (C=O) groups is 5. The van der Waals surface area contributed by atoms with Crippen molar-refractivity contribution < 1.29 is 33.8 Å². The number of hydrogen-bond donors (Lipinski definition) is 3. The van der Waals surface area contributed by atoms with Crippen LogP contribution in [-0.4, -0.2) is 76.1 Å². The van der Waals surface area contributed by atoms with Crippen LogP contribution in [0.1, 0.15) is 56.9 Å². The van der Waals surface area contributed by atoms with Gasteiger partial charge in [0.2, 0.25) is 17.7 Å². The predicted molar refractivity (Wildman–Crippen MR) is 143 cm³/mol. The number of hydrogen-bond acceptors (Lipinski definition) is 8. The molecule has 1 aromatic carbocycles. The Morgan fingerprint density at radius 2 is 1.89 bits per heavy atom. The van der Waals surface area contributed by atoms with E-state index < -0.39 is 29.3 Å². The van der Waals surface area contributed by atoms with E-state index in [-0.39, 0.29) is 29.8 Å². The lowest BCUT2D eigenvalue weighted by Crippen LogP contribution is -2.52. The second-order valence-electron chi connectivity index (χ2n) is 8.48.